The van der Waals surface area contributed by atoms with Gasteiger partial charge in [0.05, 0.1) is 12.3 Å². The van der Waals surface area contributed by atoms with E-state index in [2.05, 4.69) is 24.2 Å². The maximum atomic E-state index is 5.13. The van der Waals surface area contributed by atoms with E-state index in [1.54, 1.807) is 7.11 Å². The van der Waals surface area contributed by atoms with Gasteiger partial charge in [-0.25, -0.2) is 4.98 Å². The summed E-state index contributed by atoms with van der Waals surface area (Å²) in [5.74, 6) is 0. The minimum Gasteiger partial charge on any atom is -0.383 e. The Morgan fingerprint density at radius 1 is 1.53 bits per heavy atom. The van der Waals surface area contributed by atoms with E-state index in [0.29, 0.717) is 6.04 Å². The highest BCUT2D eigenvalue weighted by molar-refractivity contribution is 7.15. The Balaban J connectivity index is 2.07. The third-order valence-electron chi connectivity index (χ3n) is 3.54. The number of ether oxygens (including phenoxy) is 1. The number of fused-ring (bicyclic) bond motifs is 1. The summed E-state index contributed by atoms with van der Waals surface area (Å²) >= 11 is 1.85. The predicted octanol–water partition coefficient (Wildman–Crippen LogP) is 2.60. The zero-order valence-corrected chi connectivity index (χ0v) is 13.1. The van der Waals surface area contributed by atoms with Crippen molar-refractivity contribution < 1.29 is 4.74 Å². The first kappa shape index (κ1) is 14.8. The van der Waals surface area contributed by atoms with Crippen LogP contribution in [-0.2, 0) is 11.2 Å². The van der Waals surface area contributed by atoms with Crippen molar-refractivity contribution in [2.75, 3.05) is 38.8 Å². The number of thiazole rings is 1. The predicted molar refractivity (Wildman–Crippen MR) is 81.2 cm³/mol. The van der Waals surface area contributed by atoms with Crippen LogP contribution < -0.4 is 10.2 Å². The first-order valence-electron chi connectivity index (χ1n) is 7.19. The van der Waals surface area contributed by atoms with Crippen LogP contribution in [0.2, 0.25) is 0 Å². The lowest BCUT2D eigenvalue weighted by atomic mass is 9.98. The van der Waals surface area contributed by atoms with Gasteiger partial charge < -0.3 is 15.0 Å². The standard InChI is InChI=1S/C14H25N3OS/c1-4-8-15-11-6-5-7-12-13(11)19-14(16-12)17(2)9-10-18-3/h11,15H,4-10H2,1-3H3. The molecule has 1 atom stereocenters. The molecule has 1 aromatic rings. The molecule has 0 spiro atoms. The summed E-state index contributed by atoms with van der Waals surface area (Å²) in [5, 5.41) is 4.78. The van der Waals surface area contributed by atoms with Crippen molar-refractivity contribution in [1.82, 2.24) is 10.3 Å². The lowest BCUT2D eigenvalue weighted by Gasteiger charge is -2.22. The summed E-state index contributed by atoms with van der Waals surface area (Å²) in [6.45, 7) is 4.96. The van der Waals surface area contributed by atoms with Gasteiger partial charge in [-0.15, -0.1) is 0 Å². The number of aromatic nitrogens is 1. The molecule has 0 aliphatic heterocycles. The van der Waals surface area contributed by atoms with Crippen LogP contribution in [0.4, 0.5) is 5.13 Å². The Kier molecular flexibility index (Phi) is 5.60. The SMILES string of the molecule is CCCNC1CCCc2nc(N(C)CCOC)sc21. The fraction of sp³-hybridized carbons (Fsp3) is 0.786. The molecule has 0 saturated carbocycles. The normalized spacial score (nSPS) is 18.4. The Morgan fingerprint density at radius 3 is 3.11 bits per heavy atom. The molecule has 0 bridgehead atoms. The van der Waals surface area contributed by atoms with Gasteiger partial charge in [-0.1, -0.05) is 18.3 Å². The van der Waals surface area contributed by atoms with Crippen LogP contribution in [0.15, 0.2) is 0 Å². The summed E-state index contributed by atoms with van der Waals surface area (Å²) in [4.78, 5) is 8.47. The van der Waals surface area contributed by atoms with E-state index in [1.165, 1.54) is 29.8 Å². The van der Waals surface area contributed by atoms with E-state index >= 15 is 0 Å². The number of nitrogens with one attached hydrogen (secondary N) is 1. The zero-order valence-electron chi connectivity index (χ0n) is 12.2. The molecule has 1 aromatic heterocycles. The van der Waals surface area contributed by atoms with Crippen LogP contribution in [0, 0.1) is 0 Å². The van der Waals surface area contributed by atoms with Crippen molar-refractivity contribution in [3.05, 3.63) is 10.6 Å². The molecule has 0 radical (unpaired) electrons. The van der Waals surface area contributed by atoms with Gasteiger partial charge >= 0.3 is 0 Å². The van der Waals surface area contributed by atoms with Gasteiger partial charge in [0.25, 0.3) is 0 Å². The molecule has 1 aliphatic rings. The van der Waals surface area contributed by atoms with Crippen LogP contribution in [0.3, 0.4) is 0 Å². The van der Waals surface area contributed by atoms with E-state index in [-0.39, 0.29) is 0 Å². The number of rotatable bonds is 7. The molecule has 0 fully saturated rings. The highest BCUT2D eigenvalue weighted by Gasteiger charge is 2.24. The lowest BCUT2D eigenvalue weighted by molar-refractivity contribution is 0.206. The molecule has 1 unspecified atom stereocenters. The van der Waals surface area contributed by atoms with Crippen LogP contribution in [-0.4, -0.2) is 38.8 Å². The lowest BCUT2D eigenvalue weighted by Crippen LogP contribution is -2.24. The number of hydrogen-bond acceptors (Lipinski definition) is 5. The fourth-order valence-corrected chi connectivity index (χ4v) is 3.62. The molecule has 0 saturated heterocycles. The second-order valence-corrected chi connectivity index (χ2v) is 6.13. The van der Waals surface area contributed by atoms with Crippen molar-refractivity contribution in [3.8, 4) is 0 Å². The molecule has 1 N–H and O–H groups in total. The smallest absolute Gasteiger partial charge is 0.185 e. The minimum absolute atomic E-state index is 0.519. The van der Waals surface area contributed by atoms with Crippen LogP contribution in [0.1, 0.15) is 42.8 Å². The first-order chi connectivity index (χ1) is 9.26. The third-order valence-corrected chi connectivity index (χ3v) is 4.86. The molecule has 0 aromatic carbocycles. The molecule has 1 aliphatic carbocycles. The van der Waals surface area contributed by atoms with Crippen molar-refractivity contribution >= 4 is 16.5 Å². The van der Waals surface area contributed by atoms with E-state index in [4.69, 9.17) is 9.72 Å². The maximum absolute atomic E-state index is 5.13. The van der Waals surface area contributed by atoms with Crippen LogP contribution in [0.5, 0.6) is 0 Å². The van der Waals surface area contributed by atoms with E-state index in [9.17, 15) is 0 Å². The topological polar surface area (TPSA) is 37.4 Å². The van der Waals surface area contributed by atoms with Gasteiger partial charge in [0.1, 0.15) is 0 Å². The molecule has 2 rings (SSSR count). The number of aryl methyl sites for hydroxylation is 1. The number of hydrogen-bond donors (Lipinski definition) is 1. The van der Waals surface area contributed by atoms with E-state index in [0.717, 1.165) is 31.2 Å². The Hall–Kier alpha value is -0.650. The van der Waals surface area contributed by atoms with E-state index < -0.39 is 0 Å². The van der Waals surface area contributed by atoms with Crippen LogP contribution in [0.25, 0.3) is 0 Å². The molecule has 5 heteroatoms. The maximum Gasteiger partial charge on any atom is 0.185 e. The largest absolute Gasteiger partial charge is 0.383 e. The van der Waals surface area contributed by atoms with Crippen LogP contribution >= 0.6 is 11.3 Å². The van der Waals surface area contributed by atoms with E-state index in [1.807, 2.05) is 11.3 Å². The molecular formula is C14H25N3OS. The number of methoxy groups -OCH3 is 1. The Bertz CT molecular complexity index is 394. The summed E-state index contributed by atoms with van der Waals surface area (Å²) < 4.78 is 5.13. The quantitative estimate of drug-likeness (QED) is 0.834. The molecular weight excluding hydrogens is 258 g/mol. The average molecular weight is 283 g/mol. The fourth-order valence-electron chi connectivity index (χ4n) is 2.41. The number of anilines is 1. The average Bonchev–Trinajstić information content (AvgIpc) is 2.87. The van der Waals surface area contributed by atoms with Gasteiger partial charge in [0, 0.05) is 31.6 Å². The minimum atomic E-state index is 0.519. The Morgan fingerprint density at radius 2 is 2.37 bits per heavy atom. The zero-order chi connectivity index (χ0) is 13.7. The van der Waals surface area contributed by atoms with Gasteiger partial charge in [0.15, 0.2) is 5.13 Å². The van der Waals surface area contributed by atoms with Crippen molar-refractivity contribution in [2.45, 2.75) is 38.6 Å². The second kappa shape index (κ2) is 7.22. The van der Waals surface area contributed by atoms with Crippen molar-refractivity contribution in [3.63, 3.8) is 0 Å². The summed E-state index contributed by atoms with van der Waals surface area (Å²) in [7, 11) is 3.84. The van der Waals surface area contributed by atoms with Crippen molar-refractivity contribution in [2.24, 2.45) is 0 Å². The molecule has 4 nitrogen and oxygen atoms in total. The van der Waals surface area contributed by atoms with Gasteiger partial charge in [-0.05, 0) is 32.2 Å². The molecule has 19 heavy (non-hydrogen) atoms. The third kappa shape index (κ3) is 3.68. The summed E-state index contributed by atoms with van der Waals surface area (Å²) in [6, 6.07) is 0.519. The van der Waals surface area contributed by atoms with Gasteiger partial charge in [-0.2, -0.15) is 0 Å². The summed E-state index contributed by atoms with van der Waals surface area (Å²) in [5.41, 5.74) is 1.31. The molecule has 108 valence electrons. The van der Waals surface area contributed by atoms with Gasteiger partial charge in [-0.3, -0.25) is 0 Å². The highest BCUT2D eigenvalue weighted by atomic mass is 32.1. The highest BCUT2D eigenvalue weighted by Crippen LogP contribution is 2.37. The van der Waals surface area contributed by atoms with Crippen molar-refractivity contribution in [1.29, 1.82) is 0 Å². The van der Waals surface area contributed by atoms with Gasteiger partial charge in [0.2, 0.25) is 0 Å². The second-order valence-electron chi connectivity index (χ2n) is 5.12. The Labute approximate surface area is 120 Å². The number of nitrogens with zero attached hydrogens (tertiary/aromatic N) is 2. The number of likely N-dealkylation sites (N-methyl/N-ethyl adjacent to an activating group) is 1. The molecule has 1 heterocycles. The molecule has 0 amide bonds. The first-order valence-corrected chi connectivity index (χ1v) is 8.01. The monoisotopic (exact) mass is 283 g/mol. The summed E-state index contributed by atoms with van der Waals surface area (Å²) in [6.07, 6.45) is 4.81.